The fourth-order valence-electron chi connectivity index (χ4n) is 3.56. The highest BCUT2D eigenvalue weighted by Gasteiger charge is 2.34. The molecule has 2 heterocycles. The van der Waals surface area contributed by atoms with Crippen molar-refractivity contribution in [2.24, 2.45) is 5.92 Å². The summed E-state index contributed by atoms with van der Waals surface area (Å²) >= 11 is 0. The first kappa shape index (κ1) is 13.4. The highest BCUT2D eigenvalue weighted by Crippen LogP contribution is 2.36. The summed E-state index contributed by atoms with van der Waals surface area (Å²) in [5, 5.41) is 0. The van der Waals surface area contributed by atoms with Crippen molar-refractivity contribution < 1.29 is 4.74 Å². The molecule has 0 aromatic carbocycles. The average Bonchev–Trinajstić information content (AvgIpc) is 2.46. The lowest BCUT2D eigenvalue weighted by atomic mass is 9.78. The summed E-state index contributed by atoms with van der Waals surface area (Å²) in [6.45, 7) is 3.46. The number of fused-ring (bicyclic) bond motifs is 1. The lowest BCUT2D eigenvalue weighted by Gasteiger charge is -2.44. The van der Waals surface area contributed by atoms with Gasteiger partial charge in [0.1, 0.15) is 0 Å². The van der Waals surface area contributed by atoms with E-state index >= 15 is 0 Å². The SMILES string of the molecule is CCOc1nc(N)nc(N2CCCC3CCCCC32)n1. The maximum Gasteiger partial charge on any atom is 0.323 e. The molecule has 0 radical (unpaired) electrons. The highest BCUT2D eigenvalue weighted by molar-refractivity contribution is 5.38. The molecule has 6 heteroatoms. The lowest BCUT2D eigenvalue weighted by molar-refractivity contribution is 0.240. The van der Waals surface area contributed by atoms with Crippen molar-refractivity contribution in [3.63, 3.8) is 0 Å². The van der Waals surface area contributed by atoms with E-state index in [4.69, 9.17) is 10.5 Å². The van der Waals surface area contributed by atoms with Gasteiger partial charge in [0.2, 0.25) is 11.9 Å². The fraction of sp³-hybridized carbons (Fsp3) is 0.786. The predicted molar refractivity (Wildman–Crippen MR) is 77.7 cm³/mol. The Balaban J connectivity index is 1.86. The van der Waals surface area contributed by atoms with E-state index < -0.39 is 0 Å². The maximum atomic E-state index is 5.80. The molecule has 2 N–H and O–H groups in total. The van der Waals surface area contributed by atoms with E-state index in [9.17, 15) is 0 Å². The van der Waals surface area contributed by atoms with E-state index in [0.29, 0.717) is 24.6 Å². The van der Waals surface area contributed by atoms with Gasteiger partial charge >= 0.3 is 6.01 Å². The van der Waals surface area contributed by atoms with Crippen LogP contribution in [0.3, 0.4) is 0 Å². The third-order valence-electron chi connectivity index (χ3n) is 4.39. The molecule has 2 unspecified atom stereocenters. The third-order valence-corrected chi connectivity index (χ3v) is 4.39. The van der Waals surface area contributed by atoms with Crippen LogP contribution in [-0.4, -0.2) is 34.1 Å². The Bertz CT molecular complexity index is 465. The molecule has 1 saturated carbocycles. The van der Waals surface area contributed by atoms with Crippen molar-refractivity contribution in [1.82, 2.24) is 15.0 Å². The second-order valence-corrected chi connectivity index (χ2v) is 5.66. The molecule has 2 fully saturated rings. The monoisotopic (exact) mass is 277 g/mol. The van der Waals surface area contributed by atoms with Gasteiger partial charge in [0, 0.05) is 12.6 Å². The minimum absolute atomic E-state index is 0.247. The van der Waals surface area contributed by atoms with Gasteiger partial charge in [-0.2, -0.15) is 15.0 Å². The van der Waals surface area contributed by atoms with E-state index in [-0.39, 0.29) is 5.95 Å². The normalized spacial score (nSPS) is 26.1. The van der Waals surface area contributed by atoms with Crippen LogP contribution in [0.15, 0.2) is 0 Å². The molecule has 3 rings (SSSR count). The van der Waals surface area contributed by atoms with Crippen molar-refractivity contribution in [1.29, 1.82) is 0 Å². The van der Waals surface area contributed by atoms with Gasteiger partial charge in [0.25, 0.3) is 0 Å². The zero-order valence-electron chi connectivity index (χ0n) is 12.1. The van der Waals surface area contributed by atoms with Gasteiger partial charge in [-0.1, -0.05) is 12.8 Å². The quantitative estimate of drug-likeness (QED) is 0.910. The van der Waals surface area contributed by atoms with Crippen molar-refractivity contribution in [2.75, 3.05) is 23.8 Å². The van der Waals surface area contributed by atoms with Gasteiger partial charge < -0.3 is 15.4 Å². The molecule has 1 aromatic rings. The van der Waals surface area contributed by atoms with Gasteiger partial charge in [-0.05, 0) is 38.5 Å². The Kier molecular flexibility index (Phi) is 3.89. The first-order chi connectivity index (χ1) is 9.78. The molecule has 0 amide bonds. The molecule has 0 spiro atoms. The predicted octanol–water partition coefficient (Wildman–Crippen LogP) is 2.01. The molecular formula is C14H23N5O. The van der Waals surface area contributed by atoms with Gasteiger partial charge in [0.05, 0.1) is 6.61 Å². The molecule has 1 aromatic heterocycles. The van der Waals surface area contributed by atoms with Crippen LogP contribution in [0, 0.1) is 5.92 Å². The minimum atomic E-state index is 0.247. The summed E-state index contributed by atoms with van der Waals surface area (Å²) in [4.78, 5) is 15.1. The third kappa shape index (κ3) is 2.64. The van der Waals surface area contributed by atoms with Crippen molar-refractivity contribution in [2.45, 2.75) is 51.5 Å². The average molecular weight is 277 g/mol. The van der Waals surface area contributed by atoms with Crippen LogP contribution in [0.1, 0.15) is 45.4 Å². The van der Waals surface area contributed by atoms with E-state index in [1.165, 1.54) is 38.5 Å². The van der Waals surface area contributed by atoms with Crippen LogP contribution in [0.25, 0.3) is 0 Å². The summed E-state index contributed by atoms with van der Waals surface area (Å²) in [5.74, 6) is 1.72. The van der Waals surface area contributed by atoms with Crippen LogP contribution >= 0.6 is 0 Å². The van der Waals surface area contributed by atoms with E-state index in [2.05, 4.69) is 19.9 Å². The standard InChI is InChI=1S/C14H23N5O/c1-2-20-14-17-12(15)16-13(18-14)19-9-5-7-10-6-3-4-8-11(10)19/h10-11H,2-9H2,1H3,(H2,15,16,17,18). The van der Waals surface area contributed by atoms with Gasteiger partial charge in [0.15, 0.2) is 0 Å². The second kappa shape index (κ2) is 5.81. The molecular weight excluding hydrogens is 254 g/mol. The number of nitrogens with zero attached hydrogens (tertiary/aromatic N) is 4. The Morgan fingerprint density at radius 2 is 1.95 bits per heavy atom. The zero-order valence-corrected chi connectivity index (χ0v) is 12.1. The Morgan fingerprint density at radius 3 is 2.80 bits per heavy atom. The maximum absolute atomic E-state index is 5.80. The van der Waals surface area contributed by atoms with Crippen LogP contribution in [-0.2, 0) is 0 Å². The number of nitrogen functional groups attached to an aromatic ring is 1. The number of hydrogen-bond acceptors (Lipinski definition) is 6. The molecule has 2 atom stereocenters. The first-order valence-electron chi connectivity index (χ1n) is 7.69. The molecule has 0 bridgehead atoms. The van der Waals surface area contributed by atoms with Crippen molar-refractivity contribution in [3.8, 4) is 6.01 Å². The molecule has 6 nitrogen and oxygen atoms in total. The summed E-state index contributed by atoms with van der Waals surface area (Å²) < 4.78 is 5.39. The van der Waals surface area contributed by atoms with Crippen LogP contribution in [0.5, 0.6) is 6.01 Å². The second-order valence-electron chi connectivity index (χ2n) is 5.66. The van der Waals surface area contributed by atoms with E-state index in [1.807, 2.05) is 6.92 Å². The van der Waals surface area contributed by atoms with Crippen molar-refractivity contribution >= 4 is 11.9 Å². The number of ether oxygens (including phenoxy) is 1. The molecule has 110 valence electrons. The zero-order chi connectivity index (χ0) is 13.9. The molecule has 20 heavy (non-hydrogen) atoms. The topological polar surface area (TPSA) is 77.2 Å². The van der Waals surface area contributed by atoms with Crippen LogP contribution in [0.2, 0.25) is 0 Å². The Labute approximate surface area is 119 Å². The number of aromatic nitrogens is 3. The number of hydrogen-bond donors (Lipinski definition) is 1. The summed E-state index contributed by atoms with van der Waals surface area (Å²) in [7, 11) is 0. The first-order valence-corrected chi connectivity index (χ1v) is 7.69. The number of rotatable bonds is 3. The van der Waals surface area contributed by atoms with Gasteiger partial charge in [-0.3, -0.25) is 0 Å². The van der Waals surface area contributed by atoms with E-state index in [1.54, 1.807) is 0 Å². The van der Waals surface area contributed by atoms with Gasteiger partial charge in [-0.15, -0.1) is 0 Å². The fourth-order valence-corrected chi connectivity index (χ4v) is 3.56. The molecule has 2 aliphatic rings. The van der Waals surface area contributed by atoms with E-state index in [0.717, 1.165) is 12.5 Å². The highest BCUT2D eigenvalue weighted by atomic mass is 16.5. The summed E-state index contributed by atoms with van der Waals surface area (Å²) in [6, 6.07) is 0.904. The summed E-state index contributed by atoms with van der Waals surface area (Å²) in [6.07, 6.45) is 7.77. The Morgan fingerprint density at radius 1 is 1.15 bits per heavy atom. The number of nitrogens with two attached hydrogens (primary N) is 1. The lowest BCUT2D eigenvalue weighted by Crippen LogP contribution is -2.47. The largest absolute Gasteiger partial charge is 0.464 e. The summed E-state index contributed by atoms with van der Waals surface area (Å²) in [5.41, 5.74) is 5.80. The molecule has 1 aliphatic heterocycles. The molecule has 1 aliphatic carbocycles. The van der Waals surface area contributed by atoms with Crippen LogP contribution < -0.4 is 15.4 Å². The van der Waals surface area contributed by atoms with Crippen LogP contribution in [0.4, 0.5) is 11.9 Å². The van der Waals surface area contributed by atoms with Crippen molar-refractivity contribution in [3.05, 3.63) is 0 Å². The number of anilines is 2. The number of piperidine rings is 1. The smallest absolute Gasteiger partial charge is 0.323 e. The Hall–Kier alpha value is -1.59. The van der Waals surface area contributed by atoms with Gasteiger partial charge in [-0.25, -0.2) is 0 Å². The minimum Gasteiger partial charge on any atom is -0.464 e. The molecule has 1 saturated heterocycles.